The van der Waals surface area contributed by atoms with Gasteiger partial charge >= 0.3 is 5.97 Å². The maximum absolute atomic E-state index is 11.1. The molecule has 0 aromatic carbocycles. The second kappa shape index (κ2) is 3.38. The molecule has 1 aliphatic rings. The van der Waals surface area contributed by atoms with Crippen molar-refractivity contribution < 1.29 is 19.4 Å². The molecule has 1 saturated heterocycles. The third kappa shape index (κ3) is 1.43. The summed E-state index contributed by atoms with van der Waals surface area (Å²) < 4.78 is 9.45. The van der Waals surface area contributed by atoms with Gasteiger partial charge in [-0.1, -0.05) is 0 Å². The molecule has 0 amide bonds. The molecule has 1 aliphatic heterocycles. The zero-order valence-electron chi connectivity index (χ0n) is 7.06. The lowest BCUT2D eigenvalue weighted by atomic mass is 9.98. The van der Waals surface area contributed by atoms with Gasteiger partial charge in [0.1, 0.15) is 5.92 Å². The zero-order chi connectivity index (χ0) is 9.30. The second-order valence-electron chi connectivity index (χ2n) is 2.86. The molecule has 0 unspecified atom stereocenters. The van der Waals surface area contributed by atoms with Gasteiger partial charge in [0.05, 0.1) is 19.3 Å². The first-order chi connectivity index (χ1) is 5.57. The van der Waals surface area contributed by atoms with Crippen molar-refractivity contribution in [3.05, 3.63) is 0 Å². The number of hydrogen-bond donors (Lipinski definition) is 2. The van der Waals surface area contributed by atoms with E-state index >= 15 is 0 Å². The van der Waals surface area contributed by atoms with Crippen molar-refractivity contribution in [2.24, 2.45) is 11.7 Å². The maximum atomic E-state index is 11.1. The van der Waals surface area contributed by atoms with Gasteiger partial charge < -0.3 is 20.3 Å². The molecule has 5 nitrogen and oxygen atoms in total. The Bertz CT molecular complexity index is 184. The molecule has 0 aliphatic carbocycles. The summed E-state index contributed by atoms with van der Waals surface area (Å²) >= 11 is 0. The van der Waals surface area contributed by atoms with Gasteiger partial charge in [0.2, 0.25) is 0 Å². The number of carbonyl (C=O) groups is 1. The molecule has 0 bridgehead atoms. The Kier molecular flexibility index (Phi) is 2.66. The summed E-state index contributed by atoms with van der Waals surface area (Å²) in [7, 11) is 1.28. The molecule has 4 atom stereocenters. The van der Waals surface area contributed by atoms with Crippen LogP contribution in [0, 0.1) is 5.92 Å². The average Bonchev–Trinajstić information content (AvgIpc) is 2.26. The van der Waals surface area contributed by atoms with E-state index in [0.717, 1.165) is 0 Å². The van der Waals surface area contributed by atoms with Gasteiger partial charge in [-0.3, -0.25) is 4.79 Å². The minimum absolute atomic E-state index is 0.387. The number of nitrogens with two attached hydrogens (primary N) is 1. The summed E-state index contributed by atoms with van der Waals surface area (Å²) in [5, 5.41) is 9.13. The van der Waals surface area contributed by atoms with E-state index < -0.39 is 24.2 Å². The fourth-order valence-electron chi connectivity index (χ4n) is 1.37. The van der Waals surface area contributed by atoms with Crippen LogP contribution in [0.2, 0.25) is 0 Å². The fourth-order valence-corrected chi connectivity index (χ4v) is 1.37. The lowest BCUT2D eigenvalue weighted by molar-refractivity contribution is -0.147. The number of aliphatic hydroxyl groups excluding tert-OH is 1. The Balaban J connectivity index is 2.69. The third-order valence-electron chi connectivity index (χ3n) is 2.08. The van der Waals surface area contributed by atoms with Gasteiger partial charge in [-0.25, -0.2) is 0 Å². The van der Waals surface area contributed by atoms with Crippen LogP contribution in [0.15, 0.2) is 0 Å². The molecule has 1 heterocycles. The quantitative estimate of drug-likeness (QED) is 0.491. The predicted molar refractivity (Wildman–Crippen MR) is 40.0 cm³/mol. The molecule has 0 aromatic heterocycles. The van der Waals surface area contributed by atoms with Crippen LogP contribution in [-0.4, -0.2) is 36.6 Å². The van der Waals surface area contributed by atoms with Crippen molar-refractivity contribution in [2.75, 3.05) is 7.11 Å². The van der Waals surface area contributed by atoms with Crippen molar-refractivity contribution in [1.82, 2.24) is 0 Å². The molecule has 0 radical (unpaired) electrons. The van der Waals surface area contributed by atoms with Crippen LogP contribution >= 0.6 is 0 Å². The molecule has 0 spiro atoms. The molecule has 3 N–H and O–H groups in total. The molecule has 0 saturated carbocycles. The van der Waals surface area contributed by atoms with Gasteiger partial charge in [-0.2, -0.15) is 0 Å². The molecule has 1 rings (SSSR count). The number of rotatable bonds is 1. The van der Waals surface area contributed by atoms with Gasteiger partial charge in [0.15, 0.2) is 6.29 Å². The Morgan fingerprint density at radius 1 is 1.67 bits per heavy atom. The maximum Gasteiger partial charge on any atom is 0.313 e. The zero-order valence-corrected chi connectivity index (χ0v) is 7.06. The first-order valence-corrected chi connectivity index (χ1v) is 3.75. The molecule has 0 aromatic rings. The second-order valence-corrected chi connectivity index (χ2v) is 2.86. The summed E-state index contributed by atoms with van der Waals surface area (Å²) in [5.74, 6) is -1.00. The summed E-state index contributed by atoms with van der Waals surface area (Å²) in [6, 6.07) is -0.688. The summed E-state index contributed by atoms with van der Waals surface area (Å²) in [4.78, 5) is 11.1. The third-order valence-corrected chi connectivity index (χ3v) is 2.08. The molecular formula is C7H13NO4. The van der Waals surface area contributed by atoms with E-state index in [0.29, 0.717) is 0 Å². The first kappa shape index (κ1) is 9.44. The van der Waals surface area contributed by atoms with Crippen LogP contribution in [0.5, 0.6) is 0 Å². The normalized spacial score (nSPS) is 41.3. The lowest BCUT2D eigenvalue weighted by Crippen LogP contribution is -2.40. The average molecular weight is 175 g/mol. The van der Waals surface area contributed by atoms with E-state index in [2.05, 4.69) is 4.74 Å². The Morgan fingerprint density at radius 3 is 2.58 bits per heavy atom. The van der Waals surface area contributed by atoms with Crippen LogP contribution in [0.4, 0.5) is 0 Å². The van der Waals surface area contributed by atoms with Crippen LogP contribution < -0.4 is 5.73 Å². The number of ether oxygens (including phenoxy) is 2. The minimum Gasteiger partial charge on any atom is -0.469 e. The summed E-state index contributed by atoms with van der Waals surface area (Å²) in [6.45, 7) is 1.68. The van der Waals surface area contributed by atoms with Crippen molar-refractivity contribution in [2.45, 2.75) is 25.4 Å². The Labute approximate surface area is 70.4 Å². The van der Waals surface area contributed by atoms with Crippen LogP contribution in [0.25, 0.3) is 0 Å². The first-order valence-electron chi connectivity index (χ1n) is 3.75. The van der Waals surface area contributed by atoms with Crippen molar-refractivity contribution in [3.63, 3.8) is 0 Å². The highest BCUT2D eigenvalue weighted by Gasteiger charge is 2.44. The van der Waals surface area contributed by atoms with Gasteiger partial charge in [-0.15, -0.1) is 0 Å². The number of methoxy groups -OCH3 is 1. The Hall–Kier alpha value is -0.650. The summed E-state index contributed by atoms with van der Waals surface area (Å²) in [5.41, 5.74) is 5.51. The van der Waals surface area contributed by atoms with Gasteiger partial charge in [0, 0.05) is 0 Å². The number of aliphatic hydroxyl groups is 1. The number of hydrogen-bond acceptors (Lipinski definition) is 5. The van der Waals surface area contributed by atoms with E-state index in [1.165, 1.54) is 7.11 Å². The Morgan fingerprint density at radius 2 is 2.25 bits per heavy atom. The van der Waals surface area contributed by atoms with E-state index in [1.54, 1.807) is 6.92 Å². The molecule has 1 fully saturated rings. The number of esters is 1. The summed E-state index contributed by atoms with van der Waals surface area (Å²) in [6.07, 6.45) is -1.45. The smallest absolute Gasteiger partial charge is 0.313 e. The SMILES string of the molecule is COC(=O)[C@@H]1[C@@H](N)[C@@H](O)O[C@@H]1C. The van der Waals surface area contributed by atoms with Gasteiger partial charge in [-0.05, 0) is 6.92 Å². The lowest BCUT2D eigenvalue weighted by Gasteiger charge is -2.14. The fraction of sp³-hybridized carbons (Fsp3) is 0.857. The van der Waals surface area contributed by atoms with Crippen molar-refractivity contribution in [3.8, 4) is 0 Å². The monoisotopic (exact) mass is 175 g/mol. The highest BCUT2D eigenvalue weighted by molar-refractivity contribution is 5.74. The molecule has 12 heavy (non-hydrogen) atoms. The van der Waals surface area contributed by atoms with Gasteiger partial charge in [0.25, 0.3) is 0 Å². The van der Waals surface area contributed by atoms with E-state index in [9.17, 15) is 4.79 Å². The minimum atomic E-state index is -1.07. The van der Waals surface area contributed by atoms with Crippen molar-refractivity contribution >= 4 is 5.97 Å². The standard InChI is InChI=1S/C7H13NO4/c1-3-4(6(9)11-2)5(8)7(10)12-3/h3-5,7,10H,8H2,1-2H3/t3-,4+,5-,7+/m1/s1. The van der Waals surface area contributed by atoms with E-state index in [4.69, 9.17) is 15.6 Å². The van der Waals surface area contributed by atoms with Crippen LogP contribution in [0.1, 0.15) is 6.92 Å². The number of carbonyl (C=O) groups excluding carboxylic acids is 1. The molecular weight excluding hydrogens is 162 g/mol. The van der Waals surface area contributed by atoms with E-state index in [-0.39, 0.29) is 6.10 Å². The predicted octanol–water partition coefficient (Wildman–Crippen LogP) is -1.16. The van der Waals surface area contributed by atoms with E-state index in [1.807, 2.05) is 0 Å². The topological polar surface area (TPSA) is 81.8 Å². The molecule has 70 valence electrons. The van der Waals surface area contributed by atoms with Crippen LogP contribution in [0.3, 0.4) is 0 Å². The largest absolute Gasteiger partial charge is 0.469 e. The highest BCUT2D eigenvalue weighted by Crippen LogP contribution is 2.24. The van der Waals surface area contributed by atoms with Crippen LogP contribution in [-0.2, 0) is 14.3 Å². The highest BCUT2D eigenvalue weighted by atomic mass is 16.6. The van der Waals surface area contributed by atoms with Crippen molar-refractivity contribution in [1.29, 1.82) is 0 Å². The molecule has 5 heteroatoms.